The van der Waals surface area contributed by atoms with Crippen molar-refractivity contribution >= 4 is 13.9 Å². The third-order valence-corrected chi connectivity index (χ3v) is 2.95. The van der Waals surface area contributed by atoms with Gasteiger partial charge in [-0.1, -0.05) is 26.8 Å². The van der Waals surface area contributed by atoms with Crippen LogP contribution in [0, 0.1) is 13.8 Å². The van der Waals surface area contributed by atoms with Crippen LogP contribution in [0.25, 0.3) is 0 Å². The Bertz CT molecular complexity index is 228. The fourth-order valence-corrected chi connectivity index (χ4v) is 1.86. The van der Waals surface area contributed by atoms with E-state index in [0.29, 0.717) is 0 Å². The summed E-state index contributed by atoms with van der Waals surface area (Å²) >= 11 is 0. The standard InChI is InChI=1S/C9H13P/c1-7-5-4-6-9(10-3)8(7)2/h4-6,10H,1-3H3. The van der Waals surface area contributed by atoms with Crippen molar-refractivity contribution in [2.45, 2.75) is 13.8 Å². The van der Waals surface area contributed by atoms with Gasteiger partial charge in [-0.05, 0) is 36.9 Å². The van der Waals surface area contributed by atoms with Crippen molar-refractivity contribution in [1.82, 2.24) is 0 Å². The molecule has 0 aromatic heterocycles. The molecule has 1 aromatic carbocycles. The number of rotatable bonds is 1. The molecule has 1 unspecified atom stereocenters. The second kappa shape index (κ2) is 3.16. The lowest BCUT2D eigenvalue weighted by atomic mass is 10.1. The van der Waals surface area contributed by atoms with E-state index in [4.69, 9.17) is 0 Å². The highest BCUT2D eigenvalue weighted by molar-refractivity contribution is 7.46. The summed E-state index contributed by atoms with van der Waals surface area (Å²) < 4.78 is 0. The fourth-order valence-electron chi connectivity index (χ4n) is 1.02. The van der Waals surface area contributed by atoms with Crippen molar-refractivity contribution in [2.75, 3.05) is 6.66 Å². The third-order valence-electron chi connectivity index (χ3n) is 1.87. The molecule has 0 fully saturated rings. The van der Waals surface area contributed by atoms with E-state index in [1.165, 1.54) is 16.4 Å². The topological polar surface area (TPSA) is 0 Å². The molecule has 1 rings (SSSR count). The Balaban J connectivity index is 3.14. The van der Waals surface area contributed by atoms with Crippen LogP contribution in [0.1, 0.15) is 11.1 Å². The van der Waals surface area contributed by atoms with Crippen LogP contribution in [0.3, 0.4) is 0 Å². The van der Waals surface area contributed by atoms with Gasteiger partial charge in [-0.2, -0.15) is 0 Å². The number of hydrogen-bond acceptors (Lipinski definition) is 0. The van der Waals surface area contributed by atoms with E-state index in [9.17, 15) is 0 Å². The minimum atomic E-state index is 0.925. The zero-order valence-corrected chi connectivity index (χ0v) is 7.73. The molecule has 54 valence electrons. The molecule has 0 radical (unpaired) electrons. The molecule has 0 bridgehead atoms. The Morgan fingerprint density at radius 2 is 1.90 bits per heavy atom. The first-order chi connectivity index (χ1) is 4.75. The van der Waals surface area contributed by atoms with E-state index >= 15 is 0 Å². The van der Waals surface area contributed by atoms with Crippen molar-refractivity contribution in [2.24, 2.45) is 0 Å². The minimum absolute atomic E-state index is 0.925. The van der Waals surface area contributed by atoms with E-state index in [0.717, 1.165) is 8.58 Å². The van der Waals surface area contributed by atoms with Crippen molar-refractivity contribution in [3.63, 3.8) is 0 Å². The van der Waals surface area contributed by atoms with Crippen molar-refractivity contribution < 1.29 is 0 Å². The van der Waals surface area contributed by atoms with Gasteiger partial charge in [0, 0.05) is 0 Å². The number of aryl methyl sites for hydroxylation is 1. The van der Waals surface area contributed by atoms with E-state index in [-0.39, 0.29) is 0 Å². The summed E-state index contributed by atoms with van der Waals surface area (Å²) in [7, 11) is 0.925. The first-order valence-corrected chi connectivity index (χ1v) is 4.99. The summed E-state index contributed by atoms with van der Waals surface area (Å²) in [5.74, 6) is 0. The molecule has 0 saturated carbocycles. The van der Waals surface area contributed by atoms with Crippen molar-refractivity contribution in [1.29, 1.82) is 0 Å². The van der Waals surface area contributed by atoms with Gasteiger partial charge in [-0.25, -0.2) is 0 Å². The highest BCUT2D eigenvalue weighted by atomic mass is 31.1. The molecule has 0 heterocycles. The van der Waals surface area contributed by atoms with Crippen LogP contribution in [-0.4, -0.2) is 6.66 Å². The lowest BCUT2D eigenvalue weighted by Gasteiger charge is -2.04. The summed E-state index contributed by atoms with van der Waals surface area (Å²) in [6.45, 7) is 6.59. The second-order valence-electron chi connectivity index (χ2n) is 2.50. The first kappa shape index (κ1) is 7.75. The van der Waals surface area contributed by atoms with E-state index in [1.807, 2.05) is 0 Å². The van der Waals surface area contributed by atoms with E-state index in [1.54, 1.807) is 0 Å². The van der Waals surface area contributed by atoms with Gasteiger partial charge in [-0.15, -0.1) is 0 Å². The number of hydrogen-bond donors (Lipinski definition) is 0. The van der Waals surface area contributed by atoms with Crippen LogP contribution >= 0.6 is 8.58 Å². The van der Waals surface area contributed by atoms with Crippen LogP contribution in [0.5, 0.6) is 0 Å². The molecular weight excluding hydrogens is 139 g/mol. The van der Waals surface area contributed by atoms with Gasteiger partial charge in [0.05, 0.1) is 0 Å². The SMILES string of the molecule is CPc1cccc(C)c1C. The van der Waals surface area contributed by atoms with Gasteiger partial charge in [0.15, 0.2) is 0 Å². The summed E-state index contributed by atoms with van der Waals surface area (Å²) in [6, 6.07) is 6.51. The molecule has 0 amide bonds. The van der Waals surface area contributed by atoms with Crippen LogP contribution < -0.4 is 5.30 Å². The molecular formula is C9H13P. The molecule has 0 aliphatic rings. The average molecular weight is 152 g/mol. The predicted molar refractivity (Wildman–Crippen MR) is 49.8 cm³/mol. The van der Waals surface area contributed by atoms with E-state index < -0.39 is 0 Å². The lowest BCUT2D eigenvalue weighted by molar-refractivity contribution is 1.37. The maximum Gasteiger partial charge on any atom is -0.0242 e. The molecule has 0 aliphatic heterocycles. The summed E-state index contributed by atoms with van der Waals surface area (Å²) in [4.78, 5) is 0. The van der Waals surface area contributed by atoms with E-state index in [2.05, 4.69) is 38.7 Å². The molecule has 10 heavy (non-hydrogen) atoms. The Hall–Kier alpha value is -0.350. The molecule has 0 spiro atoms. The summed E-state index contributed by atoms with van der Waals surface area (Å²) in [6.07, 6.45) is 0. The van der Waals surface area contributed by atoms with Gasteiger partial charge in [-0.3, -0.25) is 0 Å². The van der Waals surface area contributed by atoms with Crippen molar-refractivity contribution in [3.8, 4) is 0 Å². The molecule has 0 aliphatic carbocycles. The monoisotopic (exact) mass is 152 g/mol. The van der Waals surface area contributed by atoms with Gasteiger partial charge < -0.3 is 0 Å². The van der Waals surface area contributed by atoms with Crippen molar-refractivity contribution in [3.05, 3.63) is 29.3 Å². The molecule has 1 aromatic rings. The summed E-state index contributed by atoms with van der Waals surface area (Å²) in [5, 5.41) is 1.50. The molecule has 1 atom stereocenters. The smallest absolute Gasteiger partial charge is 0.0242 e. The average Bonchev–Trinajstić information content (AvgIpc) is 1.95. The molecule has 0 nitrogen and oxygen atoms in total. The van der Waals surface area contributed by atoms with Crippen LogP contribution in [-0.2, 0) is 0 Å². The second-order valence-corrected chi connectivity index (χ2v) is 3.54. The predicted octanol–water partition coefficient (Wildman–Crippen LogP) is 2.24. The molecule has 0 N–H and O–H groups in total. The Kier molecular flexibility index (Phi) is 2.45. The zero-order chi connectivity index (χ0) is 7.56. The molecule has 0 saturated heterocycles. The van der Waals surface area contributed by atoms with Gasteiger partial charge >= 0.3 is 0 Å². The highest BCUT2D eigenvalue weighted by Gasteiger charge is 1.95. The van der Waals surface area contributed by atoms with Gasteiger partial charge in [0.25, 0.3) is 0 Å². The Labute approximate surface area is 64.4 Å². The lowest BCUT2D eigenvalue weighted by Crippen LogP contribution is -2.00. The number of benzene rings is 1. The van der Waals surface area contributed by atoms with Crippen LogP contribution in [0.2, 0.25) is 0 Å². The molecule has 1 heteroatoms. The minimum Gasteiger partial charge on any atom is -0.0933 e. The maximum atomic E-state index is 2.22. The quantitative estimate of drug-likeness (QED) is 0.541. The van der Waals surface area contributed by atoms with Crippen LogP contribution in [0.15, 0.2) is 18.2 Å². The fraction of sp³-hybridized carbons (Fsp3) is 0.333. The normalized spacial score (nSPS) is 11.1. The largest absolute Gasteiger partial charge is 0.0933 e. The first-order valence-electron chi connectivity index (χ1n) is 3.49. The Morgan fingerprint density at radius 1 is 1.20 bits per heavy atom. The van der Waals surface area contributed by atoms with Gasteiger partial charge in [0.2, 0.25) is 0 Å². The third kappa shape index (κ3) is 1.38. The zero-order valence-electron chi connectivity index (χ0n) is 6.73. The highest BCUT2D eigenvalue weighted by Crippen LogP contribution is 2.11. The maximum absolute atomic E-state index is 2.22. The Morgan fingerprint density at radius 3 is 2.40 bits per heavy atom. The van der Waals surface area contributed by atoms with Gasteiger partial charge in [0.1, 0.15) is 0 Å². The van der Waals surface area contributed by atoms with Crippen LogP contribution in [0.4, 0.5) is 0 Å². The summed E-state index contributed by atoms with van der Waals surface area (Å²) in [5.41, 5.74) is 2.87.